The summed E-state index contributed by atoms with van der Waals surface area (Å²) < 4.78 is 4.60. The summed E-state index contributed by atoms with van der Waals surface area (Å²) in [5.74, 6) is -8.42. The van der Waals surface area contributed by atoms with E-state index in [-0.39, 0.29) is 40.5 Å². The van der Waals surface area contributed by atoms with Crippen LogP contribution in [0.1, 0.15) is 67.1 Å². The molecule has 3 N–H and O–H groups in total. The van der Waals surface area contributed by atoms with Crippen molar-refractivity contribution in [2.75, 3.05) is 7.11 Å². The van der Waals surface area contributed by atoms with E-state index < -0.39 is 72.4 Å². The highest BCUT2D eigenvalue weighted by atomic mass is 16.5. The maximum atomic E-state index is 13.8. The van der Waals surface area contributed by atoms with Crippen LogP contribution in [0.5, 0.6) is 0 Å². The Morgan fingerprint density at radius 3 is 1.16 bits per heavy atom. The molecular weight excluding hydrogens is 640 g/mol. The Labute approximate surface area is 274 Å². The first-order valence-corrected chi connectivity index (χ1v) is 15.1. The summed E-state index contributed by atoms with van der Waals surface area (Å²) in [6, 6.07) is 9.06. The molecule has 5 aromatic rings. The minimum absolute atomic E-state index is 0.0542. The quantitative estimate of drug-likeness (QED) is 0.0845. The van der Waals surface area contributed by atoms with E-state index in [4.69, 9.17) is 5.11 Å². The van der Waals surface area contributed by atoms with Crippen molar-refractivity contribution in [1.82, 2.24) is 9.80 Å². The highest BCUT2D eigenvalue weighted by Crippen LogP contribution is 2.46. The molecule has 0 saturated carbocycles. The zero-order valence-corrected chi connectivity index (χ0v) is 25.5. The maximum absolute atomic E-state index is 13.8. The molecule has 0 bridgehead atoms. The number of rotatable bonds is 10. The van der Waals surface area contributed by atoms with Crippen LogP contribution in [0.25, 0.3) is 43.1 Å². The Bertz CT molecular complexity index is 2280. The van der Waals surface area contributed by atoms with Crippen LogP contribution in [0.3, 0.4) is 0 Å². The van der Waals surface area contributed by atoms with E-state index in [1.54, 1.807) is 24.3 Å². The second-order valence-electron chi connectivity index (χ2n) is 11.9. The molecule has 0 radical (unpaired) electrons. The summed E-state index contributed by atoms with van der Waals surface area (Å²) in [5.41, 5.74) is 0.267. The predicted molar refractivity (Wildman–Crippen MR) is 170 cm³/mol. The summed E-state index contributed by atoms with van der Waals surface area (Å²) in [4.78, 5) is 104. The zero-order chi connectivity index (χ0) is 35.0. The summed E-state index contributed by atoms with van der Waals surface area (Å²) >= 11 is 0. The lowest BCUT2D eigenvalue weighted by Crippen LogP contribution is -2.50. The first kappa shape index (κ1) is 31.2. The zero-order valence-electron chi connectivity index (χ0n) is 25.5. The van der Waals surface area contributed by atoms with Gasteiger partial charge in [0.05, 0.1) is 7.11 Å². The number of esters is 1. The molecule has 0 aromatic heterocycles. The van der Waals surface area contributed by atoms with Crippen molar-refractivity contribution >= 4 is 90.6 Å². The summed E-state index contributed by atoms with van der Waals surface area (Å²) in [5, 5.41) is 32.9. The van der Waals surface area contributed by atoms with Crippen molar-refractivity contribution < 1.29 is 58.4 Å². The number of nitrogens with zero attached hydrogens (tertiary/aromatic N) is 2. The molecule has 0 aliphatic carbocycles. The molecule has 4 amide bonds. The number of hydrogen-bond acceptors (Lipinski definition) is 9. The van der Waals surface area contributed by atoms with Crippen LogP contribution < -0.4 is 0 Å². The van der Waals surface area contributed by atoms with Crippen molar-refractivity contribution in [2.24, 2.45) is 0 Å². The van der Waals surface area contributed by atoms with Crippen molar-refractivity contribution in [3.63, 3.8) is 0 Å². The fourth-order valence-corrected chi connectivity index (χ4v) is 7.21. The normalized spacial score (nSPS) is 15.4. The highest BCUT2D eigenvalue weighted by molar-refractivity contribution is 6.41. The van der Waals surface area contributed by atoms with E-state index in [1.807, 2.05) is 0 Å². The van der Waals surface area contributed by atoms with Gasteiger partial charge < -0.3 is 20.1 Å². The number of methoxy groups -OCH3 is 1. The minimum Gasteiger partial charge on any atom is -0.481 e. The largest absolute Gasteiger partial charge is 0.481 e. The fraction of sp³-hybridized carbons (Fsp3) is 0.200. The predicted octanol–water partition coefficient (Wildman–Crippen LogP) is 3.65. The van der Waals surface area contributed by atoms with Gasteiger partial charge in [-0.1, -0.05) is 24.3 Å². The van der Waals surface area contributed by atoms with Crippen molar-refractivity contribution in [2.45, 2.75) is 37.8 Å². The molecule has 0 spiro atoms. The molecule has 0 saturated heterocycles. The van der Waals surface area contributed by atoms with E-state index >= 15 is 0 Å². The number of imide groups is 2. The van der Waals surface area contributed by atoms with Gasteiger partial charge in [-0.25, -0.2) is 9.59 Å². The average molecular weight is 665 g/mol. The number of carboxylic acid groups (broad SMARTS) is 3. The molecule has 7 rings (SSSR count). The number of carboxylic acids is 3. The monoisotopic (exact) mass is 664 g/mol. The lowest BCUT2D eigenvalue weighted by atomic mass is 9.82. The van der Waals surface area contributed by atoms with Gasteiger partial charge in [0.1, 0.15) is 12.1 Å². The molecule has 49 heavy (non-hydrogen) atoms. The van der Waals surface area contributed by atoms with Crippen LogP contribution in [-0.2, 0) is 23.9 Å². The molecule has 5 aromatic carbocycles. The standard InChI is InChI=1S/C35H24N2O12/c1-49-25(40)13-11-23(35(47)48)37-32(43)20-8-4-16-14-2-6-18-28-19(31(42)36(30(18)41)22(34(45)46)10-12-24(38)39)7-3-15(26(14)28)17-5-9-21(33(37)44)29(20)27(16)17/h2-9,22-23H,10-13H2,1H3,(H,38,39)(H,45,46)(H,47,48)/t22-,23-/m0/s1. The summed E-state index contributed by atoms with van der Waals surface area (Å²) in [7, 11) is 1.14. The topological polar surface area (TPSA) is 213 Å². The van der Waals surface area contributed by atoms with Gasteiger partial charge in [0.15, 0.2) is 0 Å². The minimum atomic E-state index is -1.71. The molecule has 0 fully saturated rings. The number of aliphatic carboxylic acids is 3. The Morgan fingerprint density at radius 1 is 0.551 bits per heavy atom. The van der Waals surface area contributed by atoms with E-state index in [0.717, 1.165) is 7.11 Å². The summed E-state index contributed by atoms with van der Waals surface area (Å²) in [6.45, 7) is 0. The second-order valence-corrected chi connectivity index (χ2v) is 11.9. The molecule has 0 unspecified atom stereocenters. The van der Waals surface area contributed by atoms with Crippen LogP contribution in [0.15, 0.2) is 48.5 Å². The van der Waals surface area contributed by atoms with E-state index in [2.05, 4.69) is 4.74 Å². The molecule has 2 aliphatic heterocycles. The molecule has 246 valence electrons. The number of fused-ring (bicyclic) bond motifs is 2. The van der Waals surface area contributed by atoms with Crippen LogP contribution >= 0.6 is 0 Å². The van der Waals surface area contributed by atoms with Crippen molar-refractivity contribution in [1.29, 1.82) is 0 Å². The van der Waals surface area contributed by atoms with Gasteiger partial charge in [-0.3, -0.25) is 38.6 Å². The number of carbonyl (C=O) groups excluding carboxylic acids is 5. The molecular formula is C35H24N2O12. The third kappa shape index (κ3) is 4.40. The Kier molecular flexibility index (Phi) is 7.05. The number of hydrogen-bond donors (Lipinski definition) is 3. The van der Waals surface area contributed by atoms with Crippen LogP contribution in [0.4, 0.5) is 0 Å². The molecule has 2 aliphatic rings. The molecule has 14 nitrogen and oxygen atoms in total. The van der Waals surface area contributed by atoms with Gasteiger partial charge in [-0.05, 0) is 69.4 Å². The van der Waals surface area contributed by atoms with Gasteiger partial charge in [0.25, 0.3) is 23.6 Å². The average Bonchev–Trinajstić information content (AvgIpc) is 3.07. The van der Waals surface area contributed by atoms with Crippen molar-refractivity contribution in [3.8, 4) is 0 Å². The lowest BCUT2D eigenvalue weighted by Gasteiger charge is -2.33. The molecule has 2 heterocycles. The van der Waals surface area contributed by atoms with E-state index in [0.29, 0.717) is 47.5 Å². The van der Waals surface area contributed by atoms with Crippen LogP contribution in [0.2, 0.25) is 0 Å². The van der Waals surface area contributed by atoms with Gasteiger partial charge >= 0.3 is 23.9 Å². The number of benzene rings is 5. The third-order valence-corrected chi connectivity index (χ3v) is 9.37. The fourth-order valence-electron chi connectivity index (χ4n) is 7.21. The Morgan fingerprint density at radius 2 is 0.878 bits per heavy atom. The highest BCUT2D eigenvalue weighted by Gasteiger charge is 2.43. The Hall–Kier alpha value is -6.44. The maximum Gasteiger partial charge on any atom is 0.326 e. The SMILES string of the molecule is COC(=O)CC[C@@H](C(=O)O)N1C(=O)c2ccc3c4ccc5c6c(ccc(c7ccc(c2c37)C1=O)c64)C(=O)N([C@@H](CCC(=O)O)C(=O)O)C5=O. The van der Waals surface area contributed by atoms with Gasteiger partial charge in [0.2, 0.25) is 0 Å². The summed E-state index contributed by atoms with van der Waals surface area (Å²) in [6.07, 6.45) is -1.75. The van der Waals surface area contributed by atoms with E-state index in [1.165, 1.54) is 24.3 Å². The van der Waals surface area contributed by atoms with Gasteiger partial charge in [-0.2, -0.15) is 0 Å². The van der Waals surface area contributed by atoms with Crippen LogP contribution in [0, 0.1) is 0 Å². The number of amides is 4. The first-order valence-electron chi connectivity index (χ1n) is 15.1. The first-order chi connectivity index (χ1) is 23.4. The third-order valence-electron chi connectivity index (χ3n) is 9.37. The number of carbonyl (C=O) groups is 8. The van der Waals surface area contributed by atoms with E-state index in [9.17, 15) is 48.6 Å². The van der Waals surface area contributed by atoms with Crippen molar-refractivity contribution in [3.05, 3.63) is 70.8 Å². The van der Waals surface area contributed by atoms with Gasteiger partial charge in [-0.15, -0.1) is 0 Å². The Balaban J connectivity index is 1.42. The smallest absolute Gasteiger partial charge is 0.326 e. The number of ether oxygens (including phenoxy) is 1. The lowest BCUT2D eigenvalue weighted by molar-refractivity contribution is -0.145. The molecule has 2 atom stereocenters. The second kappa shape index (κ2) is 11.1. The molecule has 14 heteroatoms. The van der Waals surface area contributed by atoms with Gasteiger partial charge in [0, 0.05) is 45.9 Å². The van der Waals surface area contributed by atoms with Crippen LogP contribution in [-0.4, -0.2) is 91.8 Å².